The van der Waals surface area contributed by atoms with E-state index >= 15 is 0 Å². The van der Waals surface area contributed by atoms with Crippen molar-refractivity contribution < 1.29 is 14.3 Å². The number of amides is 2. The maximum atomic E-state index is 12.0. The van der Waals surface area contributed by atoms with E-state index in [9.17, 15) is 9.59 Å². The van der Waals surface area contributed by atoms with Gasteiger partial charge in [0.1, 0.15) is 18.8 Å². The standard InChI is InChI=1S/C23H27N3O3/c27-22(25-20-12-5-2-6-13-20)15-23(28)26-24-16-19-11-7-8-14-21(19)29-17-18-9-3-1-4-10-18/h1,3-4,7-11,14,16,20H,2,5-6,12-13,15,17H2,(H,25,27)(H,26,28)/b24-16+. The highest BCUT2D eigenvalue weighted by Gasteiger charge is 2.17. The fourth-order valence-electron chi connectivity index (χ4n) is 3.34. The summed E-state index contributed by atoms with van der Waals surface area (Å²) >= 11 is 0. The first-order chi connectivity index (χ1) is 14.2. The Kier molecular flexibility index (Phi) is 7.81. The van der Waals surface area contributed by atoms with Crippen molar-refractivity contribution in [3.8, 4) is 5.75 Å². The second-order valence-corrected chi connectivity index (χ2v) is 7.18. The highest BCUT2D eigenvalue weighted by atomic mass is 16.5. The summed E-state index contributed by atoms with van der Waals surface area (Å²) in [5, 5.41) is 6.90. The monoisotopic (exact) mass is 393 g/mol. The second-order valence-electron chi connectivity index (χ2n) is 7.18. The van der Waals surface area contributed by atoms with E-state index in [-0.39, 0.29) is 18.4 Å². The maximum Gasteiger partial charge on any atom is 0.249 e. The molecule has 2 aromatic carbocycles. The third-order valence-electron chi connectivity index (χ3n) is 4.84. The van der Waals surface area contributed by atoms with Crippen LogP contribution in [0.4, 0.5) is 0 Å². The summed E-state index contributed by atoms with van der Waals surface area (Å²) in [6, 6.07) is 17.5. The quantitative estimate of drug-likeness (QED) is 0.409. The summed E-state index contributed by atoms with van der Waals surface area (Å²) in [6.45, 7) is 0.444. The van der Waals surface area contributed by atoms with Crippen LogP contribution in [-0.2, 0) is 16.2 Å². The van der Waals surface area contributed by atoms with E-state index in [1.165, 1.54) is 12.6 Å². The number of hydrogen-bond donors (Lipinski definition) is 2. The predicted molar refractivity (Wildman–Crippen MR) is 113 cm³/mol. The number of carbonyl (C=O) groups excluding carboxylic acids is 2. The SMILES string of the molecule is O=C(CC(=O)NC1CCCCC1)N/N=C/c1ccccc1OCc1ccccc1. The number of hydrogen-bond acceptors (Lipinski definition) is 4. The van der Waals surface area contributed by atoms with Crippen LogP contribution in [0.1, 0.15) is 49.7 Å². The molecule has 1 saturated carbocycles. The van der Waals surface area contributed by atoms with Gasteiger partial charge in [-0.25, -0.2) is 5.43 Å². The van der Waals surface area contributed by atoms with Crippen LogP contribution in [0.25, 0.3) is 0 Å². The Morgan fingerprint density at radius 3 is 2.48 bits per heavy atom. The molecule has 152 valence electrons. The number of hydrazone groups is 1. The first kappa shape index (κ1) is 20.6. The third kappa shape index (κ3) is 7.07. The average Bonchev–Trinajstić information content (AvgIpc) is 2.74. The molecule has 3 rings (SSSR count). The molecule has 6 heteroatoms. The van der Waals surface area contributed by atoms with E-state index in [0.717, 1.165) is 36.8 Å². The third-order valence-corrected chi connectivity index (χ3v) is 4.84. The van der Waals surface area contributed by atoms with Crippen molar-refractivity contribution in [3.05, 3.63) is 65.7 Å². The van der Waals surface area contributed by atoms with Gasteiger partial charge in [-0.1, -0.05) is 61.7 Å². The van der Waals surface area contributed by atoms with Gasteiger partial charge in [0.15, 0.2) is 0 Å². The van der Waals surface area contributed by atoms with E-state index in [2.05, 4.69) is 15.8 Å². The van der Waals surface area contributed by atoms with E-state index in [1.54, 1.807) is 0 Å². The summed E-state index contributed by atoms with van der Waals surface area (Å²) in [5.74, 6) is -0.0159. The van der Waals surface area contributed by atoms with E-state index < -0.39 is 5.91 Å². The van der Waals surface area contributed by atoms with Gasteiger partial charge in [-0.2, -0.15) is 5.10 Å². The summed E-state index contributed by atoms with van der Waals surface area (Å²) in [7, 11) is 0. The van der Waals surface area contributed by atoms with Crippen molar-refractivity contribution in [1.82, 2.24) is 10.7 Å². The van der Waals surface area contributed by atoms with Crippen LogP contribution in [0.15, 0.2) is 59.7 Å². The zero-order chi connectivity index (χ0) is 20.3. The number of benzene rings is 2. The molecule has 0 heterocycles. The molecule has 0 aromatic heterocycles. The Labute approximate surface area is 171 Å². The molecule has 2 aromatic rings. The zero-order valence-corrected chi connectivity index (χ0v) is 16.5. The van der Waals surface area contributed by atoms with Crippen molar-refractivity contribution >= 4 is 18.0 Å². The number of rotatable bonds is 8. The van der Waals surface area contributed by atoms with Gasteiger partial charge in [0.2, 0.25) is 11.8 Å². The van der Waals surface area contributed by atoms with Crippen LogP contribution >= 0.6 is 0 Å². The fraction of sp³-hybridized carbons (Fsp3) is 0.348. The van der Waals surface area contributed by atoms with Gasteiger partial charge in [0, 0.05) is 11.6 Å². The Balaban J connectivity index is 1.46. The number of carbonyl (C=O) groups is 2. The topological polar surface area (TPSA) is 79.8 Å². The van der Waals surface area contributed by atoms with Crippen molar-refractivity contribution in [2.75, 3.05) is 0 Å². The smallest absolute Gasteiger partial charge is 0.249 e. The van der Waals surface area contributed by atoms with Gasteiger partial charge >= 0.3 is 0 Å². The van der Waals surface area contributed by atoms with Gasteiger partial charge in [-0.3, -0.25) is 9.59 Å². The van der Waals surface area contributed by atoms with Crippen LogP contribution in [0.3, 0.4) is 0 Å². The molecule has 0 atom stereocenters. The number of nitrogens with one attached hydrogen (secondary N) is 2. The largest absolute Gasteiger partial charge is 0.488 e. The lowest BCUT2D eigenvalue weighted by molar-refractivity contribution is -0.129. The minimum atomic E-state index is -0.433. The summed E-state index contributed by atoms with van der Waals surface area (Å²) in [5.41, 5.74) is 4.23. The summed E-state index contributed by atoms with van der Waals surface area (Å²) < 4.78 is 5.86. The molecular weight excluding hydrogens is 366 g/mol. The van der Waals surface area contributed by atoms with Crippen molar-refractivity contribution in [1.29, 1.82) is 0 Å². The Hall–Kier alpha value is -3.15. The summed E-state index contributed by atoms with van der Waals surface area (Å²) in [4.78, 5) is 23.9. The fourth-order valence-corrected chi connectivity index (χ4v) is 3.34. The first-order valence-corrected chi connectivity index (χ1v) is 10.1. The number of para-hydroxylation sites is 1. The van der Waals surface area contributed by atoms with Crippen LogP contribution < -0.4 is 15.5 Å². The molecule has 0 aliphatic heterocycles. The lowest BCUT2D eigenvalue weighted by Gasteiger charge is -2.22. The molecule has 1 aliphatic carbocycles. The molecule has 1 aliphatic rings. The number of nitrogens with zero attached hydrogens (tertiary/aromatic N) is 1. The van der Waals surface area contributed by atoms with Crippen LogP contribution in [0.2, 0.25) is 0 Å². The van der Waals surface area contributed by atoms with Crippen LogP contribution in [0, 0.1) is 0 Å². The molecule has 0 spiro atoms. The van der Waals surface area contributed by atoms with Crippen molar-refractivity contribution in [3.63, 3.8) is 0 Å². The van der Waals surface area contributed by atoms with Gasteiger partial charge in [-0.05, 0) is 30.5 Å². The van der Waals surface area contributed by atoms with Crippen molar-refractivity contribution in [2.45, 2.75) is 51.2 Å². The normalized spacial score (nSPS) is 14.5. The Bertz CT molecular complexity index is 830. The van der Waals surface area contributed by atoms with Gasteiger partial charge in [0.05, 0.1) is 6.21 Å². The molecule has 2 N–H and O–H groups in total. The molecule has 1 fully saturated rings. The van der Waals surface area contributed by atoms with E-state index in [4.69, 9.17) is 4.74 Å². The zero-order valence-electron chi connectivity index (χ0n) is 16.5. The van der Waals surface area contributed by atoms with Gasteiger partial charge in [-0.15, -0.1) is 0 Å². The Morgan fingerprint density at radius 1 is 0.966 bits per heavy atom. The maximum absolute atomic E-state index is 12.0. The average molecular weight is 393 g/mol. The van der Waals surface area contributed by atoms with Crippen LogP contribution in [-0.4, -0.2) is 24.1 Å². The molecule has 29 heavy (non-hydrogen) atoms. The minimum absolute atomic E-state index is 0.196. The lowest BCUT2D eigenvalue weighted by Crippen LogP contribution is -2.38. The molecule has 0 radical (unpaired) electrons. The number of ether oxygens (including phenoxy) is 1. The molecule has 0 unspecified atom stereocenters. The van der Waals surface area contributed by atoms with E-state index in [1.807, 2.05) is 54.6 Å². The first-order valence-electron chi connectivity index (χ1n) is 10.1. The minimum Gasteiger partial charge on any atom is -0.488 e. The van der Waals surface area contributed by atoms with Gasteiger partial charge < -0.3 is 10.1 Å². The highest BCUT2D eigenvalue weighted by Crippen LogP contribution is 2.18. The van der Waals surface area contributed by atoms with Gasteiger partial charge in [0.25, 0.3) is 0 Å². The van der Waals surface area contributed by atoms with Crippen molar-refractivity contribution in [2.24, 2.45) is 5.10 Å². The van der Waals surface area contributed by atoms with E-state index in [0.29, 0.717) is 12.4 Å². The molecule has 2 amide bonds. The molecule has 0 saturated heterocycles. The van der Waals surface area contributed by atoms with Crippen LogP contribution in [0.5, 0.6) is 5.75 Å². The summed E-state index contributed by atoms with van der Waals surface area (Å²) in [6.07, 6.45) is 6.77. The predicted octanol–water partition coefficient (Wildman–Crippen LogP) is 3.55. The highest BCUT2D eigenvalue weighted by molar-refractivity contribution is 5.97. The molecule has 0 bridgehead atoms. The second kappa shape index (κ2) is 11.0. The Morgan fingerprint density at radius 2 is 1.69 bits per heavy atom. The molecular formula is C23H27N3O3. The molecule has 6 nitrogen and oxygen atoms in total. The lowest BCUT2D eigenvalue weighted by atomic mass is 9.95.